The first-order chi connectivity index (χ1) is 6.88. The summed E-state index contributed by atoms with van der Waals surface area (Å²) >= 11 is 0. The smallest absolute Gasteiger partial charge is 0.0509 e. The van der Waals surface area contributed by atoms with Gasteiger partial charge in [-0.25, -0.2) is 0 Å². The highest BCUT2D eigenvalue weighted by Crippen LogP contribution is 2.20. The first-order valence-corrected chi connectivity index (χ1v) is 6.19. The summed E-state index contributed by atoms with van der Waals surface area (Å²) in [5.74, 6) is 0.759. The van der Waals surface area contributed by atoms with Crippen molar-refractivity contribution < 1.29 is 4.74 Å². The van der Waals surface area contributed by atoms with Crippen LogP contribution in [0.25, 0.3) is 0 Å². The maximum absolute atomic E-state index is 5.55. The van der Waals surface area contributed by atoms with Crippen molar-refractivity contribution in [2.45, 2.75) is 52.0 Å². The van der Waals surface area contributed by atoms with Gasteiger partial charge in [-0.1, -0.05) is 26.7 Å². The van der Waals surface area contributed by atoms with Crippen molar-refractivity contribution in [1.29, 1.82) is 0 Å². The van der Waals surface area contributed by atoms with E-state index in [0.29, 0.717) is 0 Å². The summed E-state index contributed by atoms with van der Waals surface area (Å²) in [6.07, 6.45) is 6.42. The summed E-state index contributed by atoms with van der Waals surface area (Å²) in [4.78, 5) is 0. The van der Waals surface area contributed by atoms with E-state index >= 15 is 0 Å². The van der Waals surface area contributed by atoms with E-state index in [2.05, 4.69) is 19.2 Å². The Morgan fingerprint density at radius 1 is 1.29 bits per heavy atom. The van der Waals surface area contributed by atoms with Crippen molar-refractivity contribution >= 4 is 0 Å². The van der Waals surface area contributed by atoms with E-state index in [9.17, 15) is 0 Å². The monoisotopic (exact) mass is 199 g/mol. The molecule has 0 amide bonds. The molecule has 2 atom stereocenters. The highest BCUT2D eigenvalue weighted by molar-refractivity contribution is 4.79. The van der Waals surface area contributed by atoms with Crippen LogP contribution in [0, 0.1) is 5.92 Å². The molecule has 0 radical (unpaired) electrons. The van der Waals surface area contributed by atoms with E-state index < -0.39 is 0 Å². The van der Waals surface area contributed by atoms with Gasteiger partial charge < -0.3 is 10.1 Å². The Morgan fingerprint density at radius 3 is 2.86 bits per heavy atom. The van der Waals surface area contributed by atoms with Crippen LogP contribution in [0.3, 0.4) is 0 Å². The molecular formula is C12H25NO. The topological polar surface area (TPSA) is 21.3 Å². The van der Waals surface area contributed by atoms with Crippen molar-refractivity contribution in [3.05, 3.63) is 0 Å². The lowest BCUT2D eigenvalue weighted by molar-refractivity contribution is 0.0280. The molecule has 1 rings (SSSR count). The molecule has 0 aromatic heterocycles. The van der Waals surface area contributed by atoms with Gasteiger partial charge in [0.25, 0.3) is 0 Å². The molecule has 2 unspecified atom stereocenters. The number of unbranched alkanes of at least 4 members (excludes halogenated alkanes) is 1. The van der Waals surface area contributed by atoms with Crippen LogP contribution in [0.2, 0.25) is 0 Å². The SMILES string of the molecule is CCCCC1COCCC1NCCC. The molecule has 0 aromatic rings. The minimum absolute atomic E-state index is 0.718. The average Bonchev–Trinajstić information content (AvgIpc) is 2.24. The normalized spacial score (nSPS) is 27.9. The molecule has 0 spiro atoms. The van der Waals surface area contributed by atoms with E-state index in [0.717, 1.165) is 31.7 Å². The molecule has 0 bridgehead atoms. The Balaban J connectivity index is 2.26. The van der Waals surface area contributed by atoms with Crippen molar-refractivity contribution in [2.75, 3.05) is 19.8 Å². The Morgan fingerprint density at radius 2 is 2.14 bits per heavy atom. The summed E-state index contributed by atoms with van der Waals surface area (Å²) in [5, 5.41) is 3.65. The van der Waals surface area contributed by atoms with Crippen LogP contribution in [0.15, 0.2) is 0 Å². The predicted molar refractivity (Wildman–Crippen MR) is 60.5 cm³/mol. The molecule has 1 aliphatic rings. The van der Waals surface area contributed by atoms with Crippen LogP contribution in [-0.2, 0) is 4.74 Å². The second kappa shape index (κ2) is 7.24. The Hall–Kier alpha value is -0.0800. The lowest BCUT2D eigenvalue weighted by Crippen LogP contribution is -2.43. The van der Waals surface area contributed by atoms with Crippen molar-refractivity contribution in [2.24, 2.45) is 5.92 Å². The summed E-state index contributed by atoms with van der Waals surface area (Å²) in [6, 6.07) is 0.718. The van der Waals surface area contributed by atoms with Gasteiger partial charge in [0, 0.05) is 12.6 Å². The number of hydrogen-bond donors (Lipinski definition) is 1. The third-order valence-corrected chi connectivity index (χ3v) is 3.06. The molecule has 1 aliphatic heterocycles. The third-order valence-electron chi connectivity index (χ3n) is 3.06. The first-order valence-electron chi connectivity index (χ1n) is 6.19. The summed E-state index contributed by atoms with van der Waals surface area (Å²) in [5.41, 5.74) is 0. The van der Waals surface area contributed by atoms with Crippen LogP contribution >= 0.6 is 0 Å². The van der Waals surface area contributed by atoms with Gasteiger partial charge in [0.1, 0.15) is 0 Å². The van der Waals surface area contributed by atoms with Gasteiger partial charge >= 0.3 is 0 Å². The van der Waals surface area contributed by atoms with E-state index in [4.69, 9.17) is 4.74 Å². The summed E-state index contributed by atoms with van der Waals surface area (Å²) in [7, 11) is 0. The van der Waals surface area contributed by atoms with Gasteiger partial charge in [-0.15, -0.1) is 0 Å². The number of nitrogens with one attached hydrogen (secondary N) is 1. The van der Waals surface area contributed by atoms with E-state index in [1.165, 1.54) is 32.1 Å². The van der Waals surface area contributed by atoms with Gasteiger partial charge in [-0.3, -0.25) is 0 Å². The second-order valence-corrected chi connectivity index (χ2v) is 4.33. The zero-order valence-electron chi connectivity index (χ0n) is 9.72. The highest BCUT2D eigenvalue weighted by Gasteiger charge is 2.24. The van der Waals surface area contributed by atoms with Crippen molar-refractivity contribution in [3.8, 4) is 0 Å². The molecular weight excluding hydrogens is 174 g/mol. The van der Waals surface area contributed by atoms with Gasteiger partial charge in [0.05, 0.1) is 6.61 Å². The first kappa shape index (κ1) is 12.0. The Kier molecular flexibility index (Phi) is 6.20. The molecule has 84 valence electrons. The minimum atomic E-state index is 0.718. The van der Waals surface area contributed by atoms with Crippen LogP contribution in [0.5, 0.6) is 0 Å². The number of rotatable bonds is 6. The van der Waals surface area contributed by atoms with Crippen LogP contribution in [-0.4, -0.2) is 25.8 Å². The standard InChI is InChI=1S/C12H25NO/c1-3-5-6-11-10-14-9-7-12(11)13-8-4-2/h11-13H,3-10H2,1-2H3. The van der Waals surface area contributed by atoms with Crippen LogP contribution < -0.4 is 5.32 Å². The molecule has 2 nitrogen and oxygen atoms in total. The van der Waals surface area contributed by atoms with E-state index in [1.54, 1.807) is 0 Å². The van der Waals surface area contributed by atoms with Gasteiger partial charge in [0.15, 0.2) is 0 Å². The van der Waals surface area contributed by atoms with Crippen LogP contribution in [0.1, 0.15) is 46.0 Å². The van der Waals surface area contributed by atoms with Crippen molar-refractivity contribution in [1.82, 2.24) is 5.32 Å². The number of ether oxygens (including phenoxy) is 1. The van der Waals surface area contributed by atoms with Gasteiger partial charge in [-0.05, 0) is 31.7 Å². The molecule has 14 heavy (non-hydrogen) atoms. The minimum Gasteiger partial charge on any atom is -0.381 e. The number of hydrogen-bond acceptors (Lipinski definition) is 2. The zero-order valence-corrected chi connectivity index (χ0v) is 9.72. The molecule has 2 heteroatoms. The molecule has 1 N–H and O–H groups in total. The van der Waals surface area contributed by atoms with Gasteiger partial charge in [0.2, 0.25) is 0 Å². The molecule has 1 heterocycles. The lowest BCUT2D eigenvalue weighted by atomic mass is 9.91. The zero-order chi connectivity index (χ0) is 10.2. The molecule has 1 fully saturated rings. The highest BCUT2D eigenvalue weighted by atomic mass is 16.5. The van der Waals surface area contributed by atoms with Gasteiger partial charge in [-0.2, -0.15) is 0 Å². The molecule has 0 aliphatic carbocycles. The summed E-state index contributed by atoms with van der Waals surface area (Å²) in [6.45, 7) is 7.57. The maximum atomic E-state index is 5.55. The maximum Gasteiger partial charge on any atom is 0.0509 e. The second-order valence-electron chi connectivity index (χ2n) is 4.33. The Bertz CT molecular complexity index is 122. The largest absolute Gasteiger partial charge is 0.381 e. The fraction of sp³-hybridized carbons (Fsp3) is 1.00. The molecule has 1 saturated heterocycles. The fourth-order valence-electron chi connectivity index (χ4n) is 2.15. The molecule has 0 aromatic carbocycles. The van der Waals surface area contributed by atoms with E-state index in [1.807, 2.05) is 0 Å². The van der Waals surface area contributed by atoms with Crippen LogP contribution in [0.4, 0.5) is 0 Å². The van der Waals surface area contributed by atoms with E-state index in [-0.39, 0.29) is 0 Å². The average molecular weight is 199 g/mol. The fourth-order valence-corrected chi connectivity index (χ4v) is 2.15. The molecule has 0 saturated carbocycles. The quantitative estimate of drug-likeness (QED) is 0.710. The Labute approximate surface area is 88.4 Å². The van der Waals surface area contributed by atoms with Crippen molar-refractivity contribution in [3.63, 3.8) is 0 Å². The summed E-state index contributed by atoms with van der Waals surface area (Å²) < 4.78 is 5.55. The predicted octanol–water partition coefficient (Wildman–Crippen LogP) is 2.58. The lowest BCUT2D eigenvalue weighted by Gasteiger charge is -2.32. The third kappa shape index (κ3) is 3.97.